The summed E-state index contributed by atoms with van der Waals surface area (Å²) in [5.41, 5.74) is 0. The van der Waals surface area contributed by atoms with Crippen molar-refractivity contribution in [2.45, 2.75) is 24.6 Å². The minimum atomic E-state index is 0.122. The Kier molecular flexibility index (Phi) is 3.49. The summed E-state index contributed by atoms with van der Waals surface area (Å²) in [4.78, 5) is 8.50. The fraction of sp³-hybridized carbons (Fsp3) is 0.636. The molecule has 1 aromatic heterocycles. The fourth-order valence-corrected chi connectivity index (χ4v) is 1.94. The first-order chi connectivity index (χ1) is 7.72. The minimum Gasteiger partial charge on any atom is -0.481 e. The molecule has 88 valence electrons. The molecule has 16 heavy (non-hydrogen) atoms. The van der Waals surface area contributed by atoms with Crippen molar-refractivity contribution in [2.75, 3.05) is 14.2 Å². The third-order valence-corrected chi connectivity index (χ3v) is 3.17. The second-order valence-corrected chi connectivity index (χ2v) is 4.49. The third-order valence-electron chi connectivity index (χ3n) is 2.65. The third kappa shape index (κ3) is 2.76. The van der Waals surface area contributed by atoms with Crippen LogP contribution in [-0.2, 0) is 6.42 Å². The zero-order valence-electron chi connectivity index (χ0n) is 9.44. The van der Waals surface area contributed by atoms with E-state index in [4.69, 9.17) is 21.1 Å². The van der Waals surface area contributed by atoms with E-state index < -0.39 is 0 Å². The van der Waals surface area contributed by atoms with Crippen LogP contribution in [0.5, 0.6) is 11.8 Å². The van der Waals surface area contributed by atoms with E-state index in [-0.39, 0.29) is 5.38 Å². The molecule has 0 spiro atoms. The Morgan fingerprint density at radius 3 is 2.31 bits per heavy atom. The molecule has 2 rings (SSSR count). The predicted octanol–water partition coefficient (Wildman–Crippen LogP) is 2.05. The lowest BCUT2D eigenvalue weighted by molar-refractivity contribution is 0.367. The van der Waals surface area contributed by atoms with Crippen LogP contribution in [0.25, 0.3) is 0 Å². The highest BCUT2D eigenvalue weighted by Gasteiger charge is 2.30. The number of rotatable bonds is 5. The minimum absolute atomic E-state index is 0.122. The Morgan fingerprint density at radius 2 is 1.88 bits per heavy atom. The predicted molar refractivity (Wildman–Crippen MR) is 61.2 cm³/mol. The van der Waals surface area contributed by atoms with Crippen LogP contribution in [0.1, 0.15) is 18.7 Å². The van der Waals surface area contributed by atoms with E-state index in [1.165, 1.54) is 12.8 Å². The summed E-state index contributed by atoms with van der Waals surface area (Å²) in [5.74, 6) is 2.34. The zero-order valence-corrected chi connectivity index (χ0v) is 10.2. The maximum Gasteiger partial charge on any atom is 0.220 e. The number of nitrogens with zero attached hydrogens (tertiary/aromatic N) is 2. The van der Waals surface area contributed by atoms with E-state index >= 15 is 0 Å². The van der Waals surface area contributed by atoms with Crippen molar-refractivity contribution in [1.82, 2.24) is 9.97 Å². The van der Waals surface area contributed by atoms with Crippen molar-refractivity contribution in [2.24, 2.45) is 5.92 Å². The van der Waals surface area contributed by atoms with Gasteiger partial charge in [-0.05, 0) is 18.8 Å². The van der Waals surface area contributed by atoms with Crippen molar-refractivity contribution in [3.63, 3.8) is 0 Å². The van der Waals surface area contributed by atoms with E-state index in [1.807, 2.05) is 0 Å². The number of alkyl halides is 1. The van der Waals surface area contributed by atoms with Gasteiger partial charge in [0.1, 0.15) is 5.82 Å². The second-order valence-electron chi connectivity index (χ2n) is 3.93. The molecule has 0 N–H and O–H groups in total. The SMILES string of the molecule is COc1cc(OC)nc(CC(Cl)C2CC2)n1. The van der Waals surface area contributed by atoms with Gasteiger partial charge in [-0.15, -0.1) is 11.6 Å². The van der Waals surface area contributed by atoms with Crippen LogP contribution >= 0.6 is 11.6 Å². The van der Waals surface area contributed by atoms with Crippen LogP contribution in [0, 0.1) is 5.92 Å². The fourth-order valence-electron chi connectivity index (χ4n) is 1.55. The Balaban J connectivity index is 2.11. The van der Waals surface area contributed by atoms with Gasteiger partial charge in [-0.2, -0.15) is 9.97 Å². The lowest BCUT2D eigenvalue weighted by Gasteiger charge is -2.09. The van der Waals surface area contributed by atoms with Gasteiger partial charge in [-0.25, -0.2) is 0 Å². The number of halogens is 1. The monoisotopic (exact) mass is 242 g/mol. The number of hydrogen-bond acceptors (Lipinski definition) is 4. The van der Waals surface area contributed by atoms with Gasteiger partial charge in [-0.3, -0.25) is 0 Å². The number of aromatic nitrogens is 2. The number of hydrogen-bond donors (Lipinski definition) is 0. The highest BCUT2D eigenvalue weighted by molar-refractivity contribution is 6.21. The lowest BCUT2D eigenvalue weighted by Crippen LogP contribution is -2.10. The topological polar surface area (TPSA) is 44.2 Å². The molecule has 1 aliphatic carbocycles. The van der Waals surface area contributed by atoms with Crippen molar-refractivity contribution in [1.29, 1.82) is 0 Å². The van der Waals surface area contributed by atoms with Gasteiger partial charge >= 0.3 is 0 Å². The highest BCUT2D eigenvalue weighted by atomic mass is 35.5. The summed E-state index contributed by atoms with van der Waals surface area (Å²) in [6.45, 7) is 0. The van der Waals surface area contributed by atoms with Gasteiger partial charge in [0.15, 0.2) is 0 Å². The Hall–Kier alpha value is -1.03. The largest absolute Gasteiger partial charge is 0.481 e. The molecule has 0 aromatic carbocycles. The molecular formula is C11H15ClN2O2. The molecule has 1 unspecified atom stereocenters. The van der Waals surface area contributed by atoms with Crippen LogP contribution in [0.15, 0.2) is 6.07 Å². The molecule has 1 saturated carbocycles. The normalized spacial score (nSPS) is 16.9. The first-order valence-electron chi connectivity index (χ1n) is 5.33. The van der Waals surface area contributed by atoms with Crippen LogP contribution in [0.2, 0.25) is 0 Å². The molecule has 1 fully saturated rings. The van der Waals surface area contributed by atoms with Gasteiger partial charge in [0.05, 0.1) is 20.3 Å². The molecule has 4 nitrogen and oxygen atoms in total. The molecule has 1 atom stereocenters. The van der Waals surface area contributed by atoms with Crippen LogP contribution in [-0.4, -0.2) is 29.6 Å². The molecule has 0 amide bonds. The summed E-state index contributed by atoms with van der Waals surface area (Å²) in [7, 11) is 3.15. The van der Waals surface area contributed by atoms with E-state index in [9.17, 15) is 0 Å². The van der Waals surface area contributed by atoms with Crippen molar-refractivity contribution in [3.05, 3.63) is 11.9 Å². The molecule has 1 aromatic rings. The molecular weight excluding hydrogens is 228 g/mol. The van der Waals surface area contributed by atoms with Gasteiger partial charge < -0.3 is 9.47 Å². The van der Waals surface area contributed by atoms with Crippen molar-refractivity contribution in [3.8, 4) is 11.8 Å². The molecule has 0 aliphatic heterocycles. The first kappa shape index (κ1) is 11.5. The quantitative estimate of drug-likeness (QED) is 0.742. The highest BCUT2D eigenvalue weighted by Crippen LogP contribution is 2.37. The van der Waals surface area contributed by atoms with E-state index in [0.29, 0.717) is 29.9 Å². The van der Waals surface area contributed by atoms with Gasteiger partial charge in [-0.1, -0.05) is 0 Å². The van der Waals surface area contributed by atoms with Gasteiger partial charge in [0, 0.05) is 11.8 Å². The van der Waals surface area contributed by atoms with Gasteiger partial charge in [0.2, 0.25) is 11.8 Å². The van der Waals surface area contributed by atoms with E-state index in [2.05, 4.69) is 9.97 Å². The van der Waals surface area contributed by atoms with Crippen LogP contribution in [0.4, 0.5) is 0 Å². The molecule has 0 radical (unpaired) electrons. The Bertz CT molecular complexity index is 347. The Morgan fingerprint density at radius 1 is 1.31 bits per heavy atom. The zero-order chi connectivity index (χ0) is 11.5. The molecule has 5 heteroatoms. The molecule has 1 aliphatic rings. The summed E-state index contributed by atoms with van der Waals surface area (Å²) in [5, 5.41) is 0.122. The lowest BCUT2D eigenvalue weighted by atomic mass is 10.2. The van der Waals surface area contributed by atoms with Crippen molar-refractivity contribution < 1.29 is 9.47 Å². The summed E-state index contributed by atoms with van der Waals surface area (Å²) < 4.78 is 10.2. The average Bonchev–Trinajstić information content (AvgIpc) is 3.12. The average molecular weight is 243 g/mol. The summed E-state index contributed by atoms with van der Waals surface area (Å²) >= 11 is 6.24. The summed E-state index contributed by atoms with van der Waals surface area (Å²) in [6.07, 6.45) is 3.10. The smallest absolute Gasteiger partial charge is 0.220 e. The summed E-state index contributed by atoms with van der Waals surface area (Å²) in [6, 6.07) is 1.66. The van der Waals surface area contributed by atoms with E-state index in [1.54, 1.807) is 20.3 Å². The maximum atomic E-state index is 6.24. The number of ether oxygens (including phenoxy) is 2. The van der Waals surface area contributed by atoms with Crippen LogP contribution < -0.4 is 9.47 Å². The standard InChI is InChI=1S/C11H15ClN2O2/c1-15-10-6-11(16-2)14-9(13-10)5-8(12)7-3-4-7/h6-8H,3-5H2,1-2H3. The molecule has 1 heterocycles. The maximum absolute atomic E-state index is 6.24. The van der Waals surface area contributed by atoms with E-state index in [0.717, 1.165) is 0 Å². The Labute approximate surface area is 99.9 Å². The van der Waals surface area contributed by atoms with Gasteiger partial charge in [0.25, 0.3) is 0 Å². The molecule has 0 saturated heterocycles. The molecule has 0 bridgehead atoms. The van der Waals surface area contributed by atoms with Crippen molar-refractivity contribution >= 4 is 11.6 Å². The number of methoxy groups -OCH3 is 2. The first-order valence-corrected chi connectivity index (χ1v) is 5.76. The second kappa shape index (κ2) is 4.87. The van der Waals surface area contributed by atoms with Crippen LogP contribution in [0.3, 0.4) is 0 Å².